The summed E-state index contributed by atoms with van der Waals surface area (Å²) in [7, 11) is -2.44. The number of anilines is 1. The van der Waals surface area contributed by atoms with Gasteiger partial charge in [-0.05, 0) is 36.8 Å². The molecule has 1 amide bonds. The van der Waals surface area contributed by atoms with E-state index >= 15 is 0 Å². The molecule has 10 nitrogen and oxygen atoms in total. The van der Waals surface area contributed by atoms with Gasteiger partial charge in [-0.3, -0.25) is 9.35 Å². The molecule has 1 heterocycles. The van der Waals surface area contributed by atoms with Gasteiger partial charge in [0.25, 0.3) is 16.1 Å². The van der Waals surface area contributed by atoms with Crippen molar-refractivity contribution in [1.82, 2.24) is 10.3 Å². The van der Waals surface area contributed by atoms with E-state index in [2.05, 4.69) is 15.6 Å². The molecule has 12 heteroatoms. The van der Waals surface area contributed by atoms with Crippen LogP contribution in [0.3, 0.4) is 0 Å². The van der Waals surface area contributed by atoms with Gasteiger partial charge in [-0.15, -0.1) is 0 Å². The van der Waals surface area contributed by atoms with E-state index in [1.165, 1.54) is 12.1 Å². The molecule has 3 aromatic carbocycles. The first kappa shape index (κ1) is 30.3. The number of aromatic nitrogens is 1. The van der Waals surface area contributed by atoms with E-state index in [1.807, 2.05) is 37.3 Å². The van der Waals surface area contributed by atoms with Crippen LogP contribution < -0.4 is 21.1 Å². The number of oxazole rings is 1. The van der Waals surface area contributed by atoms with E-state index in [0.29, 0.717) is 35.2 Å². The molecule has 0 saturated heterocycles. The van der Waals surface area contributed by atoms with Crippen molar-refractivity contribution >= 4 is 33.1 Å². The maximum Gasteiger partial charge on any atom is 0.296 e. The number of likely N-dealkylation sites (N-methyl/N-ethyl adjacent to an activating group) is 1. The molecule has 0 fully saturated rings. The number of aryl methyl sites for hydroxylation is 1. The summed E-state index contributed by atoms with van der Waals surface area (Å²) in [4.78, 5) is 16.6. The highest BCUT2D eigenvalue weighted by atomic mass is 32.2. The van der Waals surface area contributed by atoms with Crippen LogP contribution in [0, 0.1) is 6.92 Å². The van der Waals surface area contributed by atoms with E-state index < -0.39 is 16.2 Å². The molecule has 0 radical (unpaired) electrons. The van der Waals surface area contributed by atoms with Crippen molar-refractivity contribution in [1.29, 1.82) is 0 Å². The smallest absolute Gasteiger partial charge is 0.296 e. The summed E-state index contributed by atoms with van der Waals surface area (Å²) >= 11 is 0. The molecule has 4 aromatic rings. The summed E-state index contributed by atoms with van der Waals surface area (Å²) in [5.41, 5.74) is 8.83. The van der Waals surface area contributed by atoms with Gasteiger partial charge in [0.1, 0.15) is 23.9 Å². The molecule has 0 aliphatic rings. The Morgan fingerprint density at radius 2 is 1.85 bits per heavy atom. The highest BCUT2D eigenvalue weighted by Gasteiger charge is 2.20. The van der Waals surface area contributed by atoms with Crippen LogP contribution in [0.2, 0.25) is 0 Å². The Bertz CT molecular complexity index is 1540. The molecular formula is C28H31FN4O6S. The number of hydrogen-bond donors (Lipinski definition) is 4. The molecule has 0 aliphatic heterocycles. The summed E-state index contributed by atoms with van der Waals surface area (Å²) in [5, 5.41) is 5.70. The van der Waals surface area contributed by atoms with E-state index in [9.17, 15) is 17.6 Å². The monoisotopic (exact) mass is 570 g/mol. The molecule has 1 atom stereocenters. The van der Waals surface area contributed by atoms with E-state index in [1.54, 1.807) is 37.4 Å². The minimum Gasteiger partial charge on any atom is -0.489 e. The van der Waals surface area contributed by atoms with Gasteiger partial charge in [0, 0.05) is 31.7 Å². The molecule has 1 unspecified atom stereocenters. The van der Waals surface area contributed by atoms with Gasteiger partial charge in [-0.1, -0.05) is 48.0 Å². The van der Waals surface area contributed by atoms with Crippen LogP contribution in [-0.2, 0) is 21.3 Å². The quantitative estimate of drug-likeness (QED) is 0.207. The number of benzene rings is 3. The third kappa shape index (κ3) is 8.90. The molecule has 4 rings (SSSR count). The minimum atomic E-state index is -4.02. The zero-order valence-corrected chi connectivity index (χ0v) is 22.8. The Morgan fingerprint density at radius 3 is 2.45 bits per heavy atom. The van der Waals surface area contributed by atoms with E-state index in [0.717, 1.165) is 11.1 Å². The Kier molecular flexibility index (Phi) is 10.8. The fourth-order valence-electron chi connectivity index (χ4n) is 3.46. The van der Waals surface area contributed by atoms with E-state index in [4.69, 9.17) is 19.4 Å². The summed E-state index contributed by atoms with van der Waals surface area (Å²) in [5.74, 6) is 0.326. The topological polar surface area (TPSA) is 157 Å². The van der Waals surface area contributed by atoms with Crippen molar-refractivity contribution < 1.29 is 31.3 Å². The highest BCUT2D eigenvalue weighted by molar-refractivity contribution is 7.85. The molecule has 1 aromatic heterocycles. The first-order valence-electron chi connectivity index (χ1n) is 12.2. The number of nitrogens with one attached hydrogen (secondary N) is 2. The zero-order valence-electron chi connectivity index (χ0n) is 22.0. The van der Waals surface area contributed by atoms with Gasteiger partial charge in [0.2, 0.25) is 5.91 Å². The second-order valence-electron chi connectivity index (χ2n) is 8.70. The third-order valence-corrected chi connectivity index (χ3v) is 6.53. The average molecular weight is 571 g/mol. The van der Waals surface area contributed by atoms with E-state index in [-0.39, 0.29) is 30.0 Å². The summed E-state index contributed by atoms with van der Waals surface area (Å²) in [6.07, 6.45) is 0.922. The molecule has 0 saturated carbocycles. The predicted octanol–water partition coefficient (Wildman–Crippen LogP) is 4.03. The van der Waals surface area contributed by atoms with Crippen molar-refractivity contribution in [2.45, 2.75) is 24.3 Å². The lowest BCUT2D eigenvalue weighted by Gasteiger charge is -2.15. The Labute approximate surface area is 231 Å². The van der Waals surface area contributed by atoms with Crippen LogP contribution in [0.1, 0.15) is 11.1 Å². The maximum absolute atomic E-state index is 12.6. The molecule has 0 bridgehead atoms. The van der Waals surface area contributed by atoms with Crippen LogP contribution in [0.5, 0.6) is 5.75 Å². The van der Waals surface area contributed by atoms with Crippen molar-refractivity contribution in [3.05, 3.63) is 95.8 Å². The molecular weight excluding hydrogens is 539 g/mol. The summed E-state index contributed by atoms with van der Waals surface area (Å²) in [6, 6.07) is 20.4. The number of amides is 1. The summed E-state index contributed by atoms with van der Waals surface area (Å²) < 4.78 is 53.4. The number of fused-ring (bicyclic) bond motifs is 1. The number of rotatable bonds is 10. The molecule has 0 spiro atoms. The summed E-state index contributed by atoms with van der Waals surface area (Å²) in [6.45, 7) is 1.97. The normalized spacial score (nSPS) is 12.3. The Hall–Kier alpha value is -4.26. The molecule has 5 N–H and O–H groups in total. The Morgan fingerprint density at radius 1 is 1.15 bits per heavy atom. The second-order valence-corrected chi connectivity index (χ2v) is 10.1. The van der Waals surface area contributed by atoms with Gasteiger partial charge in [-0.25, -0.2) is 4.39 Å². The fourth-order valence-corrected chi connectivity index (χ4v) is 3.94. The zero-order chi connectivity index (χ0) is 29.1. The lowest BCUT2D eigenvalue weighted by molar-refractivity contribution is -0.121. The number of carbonyl (C=O) groups excluding carboxylic acids is 1. The number of hydrogen-bond acceptors (Lipinski definition) is 8. The van der Waals surface area contributed by atoms with Crippen LogP contribution in [0.25, 0.3) is 11.1 Å². The lowest BCUT2D eigenvalue weighted by atomic mass is 10.1. The standard InChI is InChI=1S/C21H23FN4O3.C7H8O3S/c1-24-20(27)18(9-14-5-3-2-4-6-14)26-21-25-17-8-7-16(10-19(17)29-21)28-13-15(11-22)12-23;1-6-2-4-7(5-3-6)11(8,9)10/h2-8,10-11,18H,9,12-13,23H2,1H3,(H,24,27)(H,25,26);2-5H,1H3,(H,8,9,10)/b15-11-;. The highest BCUT2D eigenvalue weighted by Crippen LogP contribution is 2.25. The minimum absolute atomic E-state index is 0.0492. The van der Waals surface area contributed by atoms with Crippen molar-refractivity contribution in [3.63, 3.8) is 0 Å². The molecule has 0 aliphatic carbocycles. The van der Waals surface area contributed by atoms with Crippen LogP contribution in [0.4, 0.5) is 10.4 Å². The first-order valence-corrected chi connectivity index (χ1v) is 13.6. The fraction of sp³-hybridized carbons (Fsp3) is 0.214. The van der Waals surface area contributed by atoms with Crippen LogP contribution in [0.15, 0.2) is 94.0 Å². The molecule has 40 heavy (non-hydrogen) atoms. The number of nitrogens with two attached hydrogens (primary N) is 1. The second kappa shape index (κ2) is 14.2. The number of halogens is 1. The number of carbonyl (C=O) groups is 1. The van der Waals surface area contributed by atoms with Crippen LogP contribution in [-0.4, -0.2) is 50.1 Å². The SMILES string of the molecule is CNC(=O)C(Cc1ccccc1)Nc1nc2ccc(OC/C(=C\F)CN)cc2o1.Cc1ccc(S(=O)(=O)O)cc1. The average Bonchev–Trinajstić information content (AvgIpc) is 3.35. The van der Waals surface area contributed by atoms with Gasteiger partial charge >= 0.3 is 0 Å². The predicted molar refractivity (Wildman–Crippen MR) is 150 cm³/mol. The van der Waals surface area contributed by atoms with Gasteiger partial charge < -0.3 is 25.5 Å². The third-order valence-electron chi connectivity index (χ3n) is 5.66. The number of ether oxygens (including phenoxy) is 1. The number of nitrogens with zero attached hydrogens (tertiary/aromatic N) is 1. The first-order chi connectivity index (χ1) is 19.1. The van der Waals surface area contributed by atoms with Gasteiger partial charge in [0.15, 0.2) is 5.58 Å². The Balaban J connectivity index is 0.000000336. The lowest BCUT2D eigenvalue weighted by Crippen LogP contribution is -2.39. The van der Waals surface area contributed by atoms with Crippen molar-refractivity contribution in [2.75, 3.05) is 25.5 Å². The van der Waals surface area contributed by atoms with Gasteiger partial charge in [0.05, 0.1) is 11.2 Å². The van der Waals surface area contributed by atoms with Crippen LogP contribution >= 0.6 is 0 Å². The van der Waals surface area contributed by atoms with Crippen molar-refractivity contribution in [3.8, 4) is 5.75 Å². The maximum atomic E-state index is 12.6. The molecule has 212 valence electrons. The van der Waals surface area contributed by atoms with Crippen molar-refractivity contribution in [2.24, 2.45) is 5.73 Å². The largest absolute Gasteiger partial charge is 0.489 e. The van der Waals surface area contributed by atoms with Gasteiger partial charge in [-0.2, -0.15) is 13.4 Å².